The summed E-state index contributed by atoms with van der Waals surface area (Å²) in [6.45, 7) is 2.15. The van der Waals surface area contributed by atoms with E-state index < -0.39 is 5.97 Å². The molecule has 1 aliphatic rings. The zero-order valence-electron chi connectivity index (χ0n) is 17.2. The Morgan fingerprint density at radius 2 is 1.91 bits per heavy atom. The minimum Gasteiger partial charge on any atom is -0.478 e. The molecular formula is C24H20N2O4S2. The van der Waals surface area contributed by atoms with Crippen LogP contribution < -0.4 is 5.43 Å². The van der Waals surface area contributed by atoms with Crippen molar-refractivity contribution in [1.29, 1.82) is 0 Å². The number of hydrazine groups is 1. The molecule has 8 heteroatoms. The van der Waals surface area contributed by atoms with Gasteiger partial charge in [0.05, 0.1) is 16.2 Å². The Labute approximate surface area is 194 Å². The van der Waals surface area contributed by atoms with Crippen LogP contribution in [-0.4, -0.2) is 26.3 Å². The number of rotatable bonds is 7. The number of carboxylic acids is 1. The largest absolute Gasteiger partial charge is 0.478 e. The van der Waals surface area contributed by atoms with Gasteiger partial charge in [-0.25, -0.2) is 9.80 Å². The summed E-state index contributed by atoms with van der Waals surface area (Å²) in [4.78, 5) is 24.7. The molecule has 4 rings (SSSR count). The normalized spacial score (nSPS) is 14.9. The molecule has 6 nitrogen and oxygen atoms in total. The van der Waals surface area contributed by atoms with E-state index in [2.05, 4.69) is 24.5 Å². The predicted octanol–water partition coefficient (Wildman–Crippen LogP) is 5.83. The van der Waals surface area contributed by atoms with Gasteiger partial charge in [0.15, 0.2) is 4.32 Å². The third-order valence-corrected chi connectivity index (χ3v) is 6.16. The molecule has 0 atom stereocenters. The average Bonchev–Trinajstić information content (AvgIpc) is 3.35. The van der Waals surface area contributed by atoms with Gasteiger partial charge >= 0.3 is 5.97 Å². The summed E-state index contributed by atoms with van der Waals surface area (Å²) in [5.74, 6) is -0.227. The number of thioether (sulfide) groups is 1. The fraction of sp³-hybridized carbons (Fsp3) is 0.125. The first-order valence-electron chi connectivity index (χ1n) is 10.0. The number of anilines is 1. The third kappa shape index (κ3) is 4.61. The van der Waals surface area contributed by atoms with Crippen LogP contribution in [0.4, 0.5) is 5.69 Å². The Morgan fingerprint density at radius 1 is 1.16 bits per heavy atom. The van der Waals surface area contributed by atoms with Crippen LogP contribution in [0.2, 0.25) is 0 Å². The minimum absolute atomic E-state index is 0.0474. The van der Waals surface area contributed by atoms with Crippen LogP contribution >= 0.6 is 24.0 Å². The minimum atomic E-state index is -1.10. The van der Waals surface area contributed by atoms with E-state index in [9.17, 15) is 14.7 Å². The topological polar surface area (TPSA) is 82.8 Å². The van der Waals surface area contributed by atoms with Gasteiger partial charge in [-0.1, -0.05) is 61.5 Å². The fourth-order valence-electron chi connectivity index (χ4n) is 3.29. The molecule has 0 spiro atoms. The first-order valence-corrected chi connectivity index (χ1v) is 11.2. The lowest BCUT2D eigenvalue weighted by atomic mass is 10.1. The number of para-hydroxylation sites is 1. The van der Waals surface area contributed by atoms with Crippen molar-refractivity contribution in [3.05, 3.63) is 82.5 Å². The standard InChI is InChI=1S/C24H20N2O4S2/c1-2-5-15-8-10-16(11-9-15)20-13-12-17(30-20)14-21-22(27)26(24(31)32-21)25-19-7-4-3-6-18(19)23(28)29/h3-4,6-14,25H,2,5H2,1H3,(H,28,29)/b21-14+. The van der Waals surface area contributed by atoms with E-state index in [1.807, 2.05) is 18.2 Å². The van der Waals surface area contributed by atoms with Gasteiger partial charge in [-0.05, 0) is 48.5 Å². The van der Waals surface area contributed by atoms with Crippen LogP contribution in [0.25, 0.3) is 17.4 Å². The van der Waals surface area contributed by atoms with E-state index in [4.69, 9.17) is 16.6 Å². The highest BCUT2D eigenvalue weighted by molar-refractivity contribution is 8.26. The molecule has 1 fully saturated rings. The molecule has 2 N–H and O–H groups in total. The molecule has 1 aromatic heterocycles. The highest BCUT2D eigenvalue weighted by Crippen LogP contribution is 2.34. The molecule has 162 valence electrons. The van der Waals surface area contributed by atoms with Crippen molar-refractivity contribution in [3.63, 3.8) is 0 Å². The van der Waals surface area contributed by atoms with Crippen LogP contribution in [0.3, 0.4) is 0 Å². The van der Waals surface area contributed by atoms with E-state index in [-0.39, 0.29) is 21.5 Å². The Bertz CT molecular complexity index is 1210. The predicted molar refractivity (Wildman–Crippen MR) is 130 cm³/mol. The second-order valence-electron chi connectivity index (χ2n) is 7.13. The maximum atomic E-state index is 12.9. The highest BCUT2D eigenvalue weighted by atomic mass is 32.2. The van der Waals surface area contributed by atoms with Crippen LogP contribution in [0.15, 0.2) is 70.0 Å². The van der Waals surface area contributed by atoms with Crippen LogP contribution in [0.1, 0.15) is 35.0 Å². The van der Waals surface area contributed by atoms with Crippen LogP contribution in [-0.2, 0) is 11.2 Å². The lowest BCUT2D eigenvalue weighted by Crippen LogP contribution is -2.34. The summed E-state index contributed by atoms with van der Waals surface area (Å²) in [6.07, 6.45) is 3.77. The number of nitrogens with one attached hydrogen (secondary N) is 1. The highest BCUT2D eigenvalue weighted by Gasteiger charge is 2.33. The molecular weight excluding hydrogens is 444 g/mol. The van der Waals surface area contributed by atoms with Crippen molar-refractivity contribution in [1.82, 2.24) is 5.01 Å². The van der Waals surface area contributed by atoms with E-state index in [1.165, 1.54) is 16.6 Å². The molecule has 0 bridgehead atoms. The average molecular weight is 465 g/mol. The number of carboxylic acid groups (broad SMARTS) is 1. The Kier molecular flexibility index (Phi) is 6.43. The molecule has 2 heterocycles. The Morgan fingerprint density at radius 3 is 2.62 bits per heavy atom. The SMILES string of the molecule is CCCc1ccc(-c2ccc(/C=C3/SC(=S)N(Nc4ccccc4C(=O)O)C3=O)o2)cc1. The Hall–Kier alpha value is -3.36. The quantitative estimate of drug-likeness (QED) is 0.336. The summed E-state index contributed by atoms with van der Waals surface area (Å²) in [6, 6.07) is 18.2. The zero-order valence-corrected chi connectivity index (χ0v) is 18.8. The molecule has 0 unspecified atom stereocenters. The van der Waals surface area contributed by atoms with Crippen molar-refractivity contribution in [2.75, 3.05) is 5.43 Å². The maximum absolute atomic E-state index is 12.9. The van der Waals surface area contributed by atoms with Gasteiger partial charge in [0.2, 0.25) is 0 Å². The van der Waals surface area contributed by atoms with E-state index >= 15 is 0 Å². The van der Waals surface area contributed by atoms with Crippen molar-refractivity contribution < 1.29 is 19.1 Å². The van der Waals surface area contributed by atoms with Gasteiger partial charge in [-0.2, -0.15) is 0 Å². The molecule has 0 radical (unpaired) electrons. The number of carbonyl (C=O) groups is 2. The number of benzene rings is 2. The third-order valence-electron chi connectivity index (χ3n) is 4.86. The summed E-state index contributed by atoms with van der Waals surface area (Å²) in [5, 5.41) is 10.5. The number of aromatic carboxylic acids is 1. The Balaban J connectivity index is 1.52. The number of aryl methyl sites for hydroxylation is 1. The van der Waals surface area contributed by atoms with Crippen LogP contribution in [0, 0.1) is 0 Å². The van der Waals surface area contributed by atoms with E-state index in [1.54, 1.807) is 30.3 Å². The van der Waals surface area contributed by atoms with Gasteiger partial charge < -0.3 is 9.52 Å². The number of carbonyl (C=O) groups excluding carboxylic acids is 1. The zero-order chi connectivity index (χ0) is 22.7. The monoisotopic (exact) mass is 464 g/mol. The number of amides is 1. The van der Waals surface area contributed by atoms with Crippen LogP contribution in [0.5, 0.6) is 0 Å². The van der Waals surface area contributed by atoms with Crippen molar-refractivity contribution >= 4 is 51.9 Å². The number of nitrogens with zero attached hydrogens (tertiary/aromatic N) is 1. The van der Waals surface area contributed by atoms with Gasteiger partial charge in [0.1, 0.15) is 11.5 Å². The van der Waals surface area contributed by atoms with E-state index in [0.717, 1.165) is 30.2 Å². The summed E-state index contributed by atoms with van der Waals surface area (Å²) in [7, 11) is 0. The van der Waals surface area contributed by atoms with Gasteiger partial charge in [0.25, 0.3) is 5.91 Å². The summed E-state index contributed by atoms with van der Waals surface area (Å²) < 4.78 is 6.19. The molecule has 2 aromatic carbocycles. The fourth-order valence-corrected chi connectivity index (χ4v) is 4.45. The smallest absolute Gasteiger partial charge is 0.337 e. The lowest BCUT2D eigenvalue weighted by molar-refractivity contribution is -0.121. The van der Waals surface area contributed by atoms with Crippen molar-refractivity contribution in [2.45, 2.75) is 19.8 Å². The first kappa shape index (κ1) is 21.9. The second kappa shape index (κ2) is 9.42. The second-order valence-corrected chi connectivity index (χ2v) is 8.80. The number of hydrogen-bond donors (Lipinski definition) is 2. The maximum Gasteiger partial charge on any atom is 0.337 e. The molecule has 1 aliphatic heterocycles. The van der Waals surface area contributed by atoms with Crippen molar-refractivity contribution in [3.8, 4) is 11.3 Å². The van der Waals surface area contributed by atoms with Gasteiger partial charge in [-0.15, -0.1) is 0 Å². The molecule has 0 saturated carbocycles. The molecule has 1 saturated heterocycles. The number of furan rings is 1. The van der Waals surface area contributed by atoms with E-state index in [0.29, 0.717) is 16.4 Å². The molecule has 3 aromatic rings. The molecule has 1 amide bonds. The first-order chi connectivity index (χ1) is 15.5. The lowest BCUT2D eigenvalue weighted by Gasteiger charge is -2.18. The van der Waals surface area contributed by atoms with Gasteiger partial charge in [-0.3, -0.25) is 10.2 Å². The summed E-state index contributed by atoms with van der Waals surface area (Å²) in [5.41, 5.74) is 5.39. The molecule has 0 aliphatic carbocycles. The summed E-state index contributed by atoms with van der Waals surface area (Å²) >= 11 is 6.44. The molecule has 32 heavy (non-hydrogen) atoms. The number of hydrogen-bond acceptors (Lipinski definition) is 6. The van der Waals surface area contributed by atoms with Gasteiger partial charge in [0, 0.05) is 11.6 Å². The number of thiocarbonyl (C=S) groups is 1. The van der Waals surface area contributed by atoms with Crippen molar-refractivity contribution in [2.24, 2.45) is 0 Å².